The molecule has 0 bridgehead atoms. The Morgan fingerprint density at radius 1 is 0.212 bits per heavy atom. The minimum Gasteiger partial charge on any atom is -0.512 e. The van der Waals surface area contributed by atoms with Crippen LogP contribution in [0.4, 0.5) is 0 Å². The summed E-state index contributed by atoms with van der Waals surface area (Å²) >= 11 is 0. The van der Waals surface area contributed by atoms with Gasteiger partial charge in [0.05, 0.1) is 0 Å². The van der Waals surface area contributed by atoms with Gasteiger partial charge in [0.25, 0.3) is 0 Å². The van der Waals surface area contributed by atoms with Gasteiger partial charge in [-0.1, -0.05) is 243 Å². The third-order valence-electron chi connectivity index (χ3n) is 12.8. The second kappa shape index (κ2) is 17.5. The molecule has 6 nitrogen and oxygen atoms in total. The summed E-state index contributed by atoms with van der Waals surface area (Å²) in [7, 11) is -2.29. The molecule has 0 aliphatic carbocycles. The van der Waals surface area contributed by atoms with Crippen molar-refractivity contribution in [2.45, 2.75) is 22.4 Å². The van der Waals surface area contributed by atoms with Crippen LogP contribution in [-0.2, 0) is 41.0 Å². The molecule has 0 atom stereocenters. The SMILES string of the molecule is c1ccc(C2(c3ccccc3)OB(Oc3ccc(OB4OC(c5ccccc5)(c5ccccc5)C(c5ccccc5)(c5ccccc5)O4)cc3)OC2(c2ccccc2)c2ccccc2)cc1. The largest absolute Gasteiger partial charge is 0.715 e. The zero-order chi connectivity index (χ0) is 44.3. The van der Waals surface area contributed by atoms with Crippen LogP contribution < -0.4 is 9.31 Å². The molecule has 2 saturated heterocycles. The van der Waals surface area contributed by atoms with E-state index in [4.69, 9.17) is 27.9 Å². The predicted octanol–water partition coefficient (Wildman–Crippen LogP) is 12.3. The highest BCUT2D eigenvalue weighted by Crippen LogP contribution is 2.60. The van der Waals surface area contributed by atoms with Crippen molar-refractivity contribution in [3.63, 3.8) is 0 Å². The van der Waals surface area contributed by atoms with E-state index in [0.29, 0.717) is 11.5 Å². The van der Waals surface area contributed by atoms with E-state index in [2.05, 4.69) is 97.1 Å². The van der Waals surface area contributed by atoms with Crippen molar-refractivity contribution in [2.75, 3.05) is 0 Å². The first-order chi connectivity index (χ1) is 32.7. The van der Waals surface area contributed by atoms with Crippen LogP contribution in [0.3, 0.4) is 0 Å². The highest BCUT2D eigenvalue weighted by atomic mass is 16.8. The number of hydrogen-bond acceptors (Lipinski definition) is 6. The van der Waals surface area contributed by atoms with Crippen LogP contribution in [0.2, 0.25) is 0 Å². The van der Waals surface area contributed by atoms with Gasteiger partial charge in [-0.05, 0) is 68.8 Å². The van der Waals surface area contributed by atoms with Gasteiger partial charge in [-0.2, -0.15) is 0 Å². The molecule has 0 saturated carbocycles. The first kappa shape index (κ1) is 41.3. The lowest BCUT2D eigenvalue weighted by molar-refractivity contribution is 0.00370. The zero-order valence-corrected chi connectivity index (χ0v) is 36.0. The zero-order valence-electron chi connectivity index (χ0n) is 36.0. The Kier molecular flexibility index (Phi) is 10.9. The van der Waals surface area contributed by atoms with E-state index >= 15 is 0 Å². The van der Waals surface area contributed by atoms with Crippen LogP contribution in [0.5, 0.6) is 11.5 Å². The van der Waals surface area contributed by atoms with Crippen molar-refractivity contribution in [2.24, 2.45) is 0 Å². The highest BCUT2D eigenvalue weighted by molar-refractivity contribution is 6.39. The van der Waals surface area contributed by atoms with Gasteiger partial charge in [0.15, 0.2) is 0 Å². The maximum absolute atomic E-state index is 7.29. The van der Waals surface area contributed by atoms with Crippen molar-refractivity contribution in [3.8, 4) is 11.5 Å². The molecule has 2 fully saturated rings. The Bertz CT molecular complexity index is 2420. The van der Waals surface area contributed by atoms with Crippen molar-refractivity contribution in [1.82, 2.24) is 0 Å². The van der Waals surface area contributed by atoms with Gasteiger partial charge in [0, 0.05) is 0 Å². The van der Waals surface area contributed by atoms with E-state index < -0.39 is 37.0 Å². The predicted molar refractivity (Wildman–Crippen MR) is 258 cm³/mol. The Hall–Kier alpha value is -7.45. The average molecular weight is 859 g/mol. The monoisotopic (exact) mass is 858 g/mol. The van der Waals surface area contributed by atoms with E-state index in [1.54, 1.807) is 0 Å². The van der Waals surface area contributed by atoms with Crippen molar-refractivity contribution in [3.05, 3.63) is 311 Å². The normalized spacial score (nSPS) is 16.7. The van der Waals surface area contributed by atoms with Crippen molar-refractivity contribution < 1.29 is 27.9 Å². The first-order valence-corrected chi connectivity index (χ1v) is 22.2. The lowest BCUT2D eigenvalue weighted by Gasteiger charge is -2.45. The third-order valence-corrected chi connectivity index (χ3v) is 12.8. The molecule has 66 heavy (non-hydrogen) atoms. The lowest BCUT2D eigenvalue weighted by atomic mass is 9.66. The van der Waals surface area contributed by atoms with E-state index in [1.807, 2.05) is 170 Å². The van der Waals surface area contributed by atoms with Crippen LogP contribution in [0.15, 0.2) is 267 Å². The van der Waals surface area contributed by atoms with Gasteiger partial charge >= 0.3 is 14.6 Å². The molecule has 0 amide bonds. The molecule has 0 N–H and O–H groups in total. The minimum atomic E-state index is -1.18. The quantitative estimate of drug-likeness (QED) is 0.114. The van der Waals surface area contributed by atoms with Gasteiger partial charge < -0.3 is 27.9 Å². The molecule has 0 unspecified atom stereocenters. The molecule has 9 aromatic rings. The molecule has 0 aromatic heterocycles. The van der Waals surface area contributed by atoms with Gasteiger partial charge in [0.1, 0.15) is 33.9 Å². The molecule has 8 heteroatoms. The van der Waals surface area contributed by atoms with Gasteiger partial charge in [-0.25, -0.2) is 0 Å². The second-order valence-corrected chi connectivity index (χ2v) is 16.4. The molecule has 2 aliphatic heterocycles. The second-order valence-electron chi connectivity index (χ2n) is 16.4. The van der Waals surface area contributed by atoms with Crippen molar-refractivity contribution >= 4 is 14.6 Å². The Morgan fingerprint density at radius 2 is 0.364 bits per heavy atom. The summed E-state index contributed by atoms with van der Waals surface area (Å²) < 4.78 is 42.6. The summed E-state index contributed by atoms with van der Waals surface area (Å²) in [6.45, 7) is 0. The average Bonchev–Trinajstić information content (AvgIpc) is 3.95. The fourth-order valence-corrected chi connectivity index (χ4v) is 10.1. The summed E-state index contributed by atoms with van der Waals surface area (Å²) in [5.74, 6) is 1.02. The number of benzene rings is 9. The van der Waals surface area contributed by atoms with Crippen LogP contribution in [0, 0.1) is 0 Å². The molecule has 11 rings (SSSR count). The summed E-state index contributed by atoms with van der Waals surface area (Å²) in [4.78, 5) is 0. The van der Waals surface area contributed by atoms with Crippen molar-refractivity contribution in [1.29, 1.82) is 0 Å². The standard InChI is InChI=1S/C58H44B2O6/c1-9-25-45(26-10-1)55(46-27-11-2-12-28-46)56(47-29-13-3-14-30-47,48-31-15-4-16-32-48)64-59(63-55)61-53-41-43-54(44-42-53)62-60-65-57(49-33-17-5-18-34-49,50-35-19-6-20-36-50)58(66-60,51-37-21-7-22-38-51)52-39-23-8-24-40-52/h1-44H. The topological polar surface area (TPSA) is 55.4 Å². The summed E-state index contributed by atoms with van der Waals surface area (Å²) in [5.41, 5.74) is 2.60. The maximum atomic E-state index is 7.29. The third kappa shape index (κ3) is 6.77. The molecular formula is C58H44B2O6. The fourth-order valence-electron chi connectivity index (χ4n) is 10.1. The lowest BCUT2D eigenvalue weighted by Crippen LogP contribution is -2.48. The van der Waals surface area contributed by atoms with Gasteiger partial charge in [0.2, 0.25) is 0 Å². The highest BCUT2D eigenvalue weighted by Gasteiger charge is 2.69. The summed E-state index contributed by atoms with van der Waals surface area (Å²) in [6, 6.07) is 89.4. The number of rotatable bonds is 12. The van der Waals surface area contributed by atoms with Gasteiger partial charge in [-0.15, -0.1) is 0 Å². The summed E-state index contributed by atoms with van der Waals surface area (Å²) in [6.07, 6.45) is 0. The molecular weight excluding hydrogens is 814 g/mol. The first-order valence-electron chi connectivity index (χ1n) is 22.2. The molecule has 0 spiro atoms. The number of hydrogen-bond donors (Lipinski definition) is 0. The molecule has 2 aliphatic rings. The van der Waals surface area contributed by atoms with E-state index in [1.165, 1.54) is 0 Å². The molecule has 318 valence electrons. The van der Waals surface area contributed by atoms with Crippen LogP contribution in [-0.4, -0.2) is 14.6 Å². The van der Waals surface area contributed by atoms with Crippen LogP contribution in [0.25, 0.3) is 0 Å². The van der Waals surface area contributed by atoms with E-state index in [-0.39, 0.29) is 0 Å². The molecule has 9 aromatic carbocycles. The Morgan fingerprint density at radius 3 is 0.515 bits per heavy atom. The van der Waals surface area contributed by atoms with E-state index in [0.717, 1.165) is 44.5 Å². The van der Waals surface area contributed by atoms with Gasteiger partial charge in [-0.3, -0.25) is 0 Å². The molecule has 0 radical (unpaired) electrons. The van der Waals surface area contributed by atoms with E-state index in [9.17, 15) is 0 Å². The Labute approximate surface area is 386 Å². The fraction of sp³-hybridized carbons (Fsp3) is 0.0690. The smallest absolute Gasteiger partial charge is 0.512 e. The molecule has 2 heterocycles. The minimum absolute atomic E-state index is 0.512. The van der Waals surface area contributed by atoms with Crippen LogP contribution >= 0.6 is 0 Å². The Balaban J connectivity index is 0.970. The summed E-state index contributed by atoms with van der Waals surface area (Å²) in [5, 5.41) is 0. The maximum Gasteiger partial charge on any atom is 0.715 e. The van der Waals surface area contributed by atoms with Crippen LogP contribution in [0.1, 0.15) is 44.5 Å².